The topological polar surface area (TPSA) is 72.3 Å². The van der Waals surface area contributed by atoms with E-state index in [4.69, 9.17) is 4.98 Å². The largest absolute Gasteiger partial charge is 0.341 e. The van der Waals surface area contributed by atoms with Crippen molar-refractivity contribution in [3.63, 3.8) is 0 Å². The molecule has 0 saturated carbocycles. The lowest BCUT2D eigenvalue weighted by Gasteiger charge is -2.23. The number of hydrogen-bond acceptors (Lipinski definition) is 5. The maximum Gasteiger partial charge on any atom is 0.233 e. The van der Waals surface area contributed by atoms with Gasteiger partial charge in [-0.05, 0) is 37.6 Å². The van der Waals surface area contributed by atoms with Gasteiger partial charge in [0.2, 0.25) is 5.91 Å². The van der Waals surface area contributed by atoms with Crippen molar-refractivity contribution in [2.45, 2.75) is 24.5 Å². The number of aryl methyl sites for hydroxylation is 1. The Balaban J connectivity index is 1.57. The normalized spacial score (nSPS) is 18.2. The maximum absolute atomic E-state index is 12.7. The first-order valence-corrected chi connectivity index (χ1v) is 12.3. The predicted octanol–water partition coefficient (Wildman–Crippen LogP) is 3.07. The van der Waals surface area contributed by atoms with E-state index in [1.807, 2.05) is 43.3 Å². The minimum Gasteiger partial charge on any atom is -0.341 e. The van der Waals surface area contributed by atoms with Crippen molar-refractivity contribution in [2.75, 3.05) is 24.3 Å². The van der Waals surface area contributed by atoms with Gasteiger partial charge in [-0.1, -0.05) is 41.6 Å². The molecule has 1 fully saturated rings. The van der Waals surface area contributed by atoms with E-state index in [0.29, 0.717) is 6.42 Å². The van der Waals surface area contributed by atoms with Crippen LogP contribution in [0.15, 0.2) is 53.7 Å². The van der Waals surface area contributed by atoms with Crippen LogP contribution < -0.4 is 0 Å². The van der Waals surface area contributed by atoms with Crippen molar-refractivity contribution in [2.24, 2.45) is 0 Å². The first-order valence-electron chi connectivity index (χ1n) is 9.47. The fourth-order valence-electron chi connectivity index (χ4n) is 3.56. The van der Waals surface area contributed by atoms with Crippen LogP contribution in [0, 0.1) is 6.92 Å². The van der Waals surface area contributed by atoms with Crippen molar-refractivity contribution in [3.05, 3.63) is 54.1 Å². The van der Waals surface area contributed by atoms with Gasteiger partial charge in [-0.25, -0.2) is 13.4 Å². The molecule has 2 heterocycles. The SMILES string of the molecule is Cc1ccc(-n2c(SCC(=O)N(C)[C@@H]3CCS(=O)(=O)C3)nc3ccccc32)cc1. The molecular weight excluding hydrogens is 406 g/mol. The Morgan fingerprint density at radius 1 is 1.21 bits per heavy atom. The second-order valence-corrected chi connectivity index (χ2v) is 10.6. The third-order valence-corrected chi connectivity index (χ3v) is 7.97. The summed E-state index contributed by atoms with van der Waals surface area (Å²) in [5, 5.41) is 0.746. The molecule has 1 aliphatic rings. The third-order valence-electron chi connectivity index (χ3n) is 5.30. The zero-order chi connectivity index (χ0) is 20.6. The van der Waals surface area contributed by atoms with Gasteiger partial charge in [0.1, 0.15) is 0 Å². The summed E-state index contributed by atoms with van der Waals surface area (Å²) in [6, 6.07) is 15.9. The van der Waals surface area contributed by atoms with Crippen LogP contribution in [0.3, 0.4) is 0 Å². The van der Waals surface area contributed by atoms with Gasteiger partial charge >= 0.3 is 0 Å². The molecule has 1 aromatic heterocycles. The van der Waals surface area contributed by atoms with Gasteiger partial charge in [0, 0.05) is 18.8 Å². The van der Waals surface area contributed by atoms with E-state index in [0.717, 1.165) is 21.9 Å². The number of para-hydroxylation sites is 2. The summed E-state index contributed by atoms with van der Waals surface area (Å²) < 4.78 is 25.5. The molecule has 29 heavy (non-hydrogen) atoms. The number of sulfone groups is 1. The zero-order valence-electron chi connectivity index (χ0n) is 16.4. The number of thioether (sulfide) groups is 1. The molecule has 0 radical (unpaired) electrons. The number of aromatic nitrogens is 2. The molecule has 6 nitrogen and oxygen atoms in total. The summed E-state index contributed by atoms with van der Waals surface area (Å²) in [6.07, 6.45) is 0.511. The molecule has 3 aromatic rings. The van der Waals surface area contributed by atoms with E-state index in [2.05, 4.69) is 16.7 Å². The fourth-order valence-corrected chi connectivity index (χ4v) is 6.28. The Bertz CT molecular complexity index is 1150. The fraction of sp³-hybridized carbons (Fsp3) is 0.333. The van der Waals surface area contributed by atoms with Gasteiger partial charge in [-0.15, -0.1) is 0 Å². The first kappa shape index (κ1) is 20.0. The number of hydrogen-bond donors (Lipinski definition) is 0. The predicted molar refractivity (Wildman–Crippen MR) is 116 cm³/mol. The number of benzene rings is 2. The summed E-state index contributed by atoms with van der Waals surface area (Å²) in [4.78, 5) is 19.0. The highest BCUT2D eigenvalue weighted by molar-refractivity contribution is 7.99. The Morgan fingerprint density at radius 3 is 2.62 bits per heavy atom. The first-order chi connectivity index (χ1) is 13.8. The second-order valence-electron chi connectivity index (χ2n) is 7.40. The molecule has 0 spiro atoms. The second kappa shape index (κ2) is 7.84. The highest BCUT2D eigenvalue weighted by atomic mass is 32.2. The van der Waals surface area contributed by atoms with Crippen LogP contribution in [0.4, 0.5) is 0 Å². The minimum absolute atomic E-state index is 0.0573. The van der Waals surface area contributed by atoms with Gasteiger partial charge in [0.25, 0.3) is 0 Å². The monoisotopic (exact) mass is 429 g/mol. The Labute approximate surface area is 174 Å². The van der Waals surface area contributed by atoms with E-state index in [-0.39, 0.29) is 29.2 Å². The summed E-state index contributed by atoms with van der Waals surface area (Å²) in [5.74, 6) is 0.343. The van der Waals surface area contributed by atoms with Gasteiger partial charge < -0.3 is 4.90 Å². The number of rotatable bonds is 5. The maximum atomic E-state index is 12.7. The number of imidazole rings is 1. The minimum atomic E-state index is -3.02. The van der Waals surface area contributed by atoms with Gasteiger partial charge in [0.05, 0.1) is 28.3 Å². The van der Waals surface area contributed by atoms with E-state index in [9.17, 15) is 13.2 Å². The van der Waals surface area contributed by atoms with Crippen LogP contribution in [0.25, 0.3) is 16.7 Å². The van der Waals surface area contributed by atoms with Crippen molar-refractivity contribution < 1.29 is 13.2 Å². The molecule has 1 amide bonds. The number of nitrogens with zero attached hydrogens (tertiary/aromatic N) is 3. The van der Waals surface area contributed by atoms with Gasteiger partial charge in [-0.2, -0.15) is 0 Å². The summed E-state index contributed by atoms with van der Waals surface area (Å²) >= 11 is 1.38. The summed E-state index contributed by atoms with van der Waals surface area (Å²) in [5.41, 5.74) is 4.03. The van der Waals surface area contributed by atoms with Gasteiger partial charge in [0.15, 0.2) is 15.0 Å². The number of fused-ring (bicyclic) bond motifs is 1. The van der Waals surface area contributed by atoms with E-state index < -0.39 is 9.84 Å². The van der Waals surface area contributed by atoms with Crippen molar-refractivity contribution >= 4 is 38.5 Å². The average Bonchev–Trinajstić information content (AvgIpc) is 3.25. The Kier molecular flexibility index (Phi) is 5.40. The number of amides is 1. The molecule has 0 aliphatic carbocycles. The van der Waals surface area contributed by atoms with E-state index >= 15 is 0 Å². The van der Waals surface area contributed by atoms with Crippen LogP contribution in [0.2, 0.25) is 0 Å². The average molecular weight is 430 g/mol. The van der Waals surface area contributed by atoms with Crippen LogP contribution >= 0.6 is 11.8 Å². The number of carbonyl (C=O) groups is 1. The van der Waals surface area contributed by atoms with Crippen LogP contribution in [-0.2, 0) is 14.6 Å². The van der Waals surface area contributed by atoms with Crippen LogP contribution in [-0.4, -0.2) is 59.1 Å². The van der Waals surface area contributed by atoms with Crippen molar-refractivity contribution in [1.29, 1.82) is 0 Å². The lowest BCUT2D eigenvalue weighted by molar-refractivity contribution is -0.128. The summed E-state index contributed by atoms with van der Waals surface area (Å²) in [6.45, 7) is 2.04. The number of carbonyl (C=O) groups excluding carboxylic acids is 1. The molecular formula is C21H23N3O3S2. The molecule has 2 aromatic carbocycles. The van der Waals surface area contributed by atoms with E-state index in [1.165, 1.54) is 17.3 Å². The van der Waals surface area contributed by atoms with Crippen LogP contribution in [0.5, 0.6) is 0 Å². The molecule has 0 N–H and O–H groups in total. The zero-order valence-corrected chi connectivity index (χ0v) is 18.0. The Hall–Kier alpha value is -2.32. The third kappa shape index (κ3) is 4.18. The van der Waals surface area contributed by atoms with Crippen molar-refractivity contribution in [3.8, 4) is 5.69 Å². The lowest BCUT2D eigenvalue weighted by Crippen LogP contribution is -2.38. The molecule has 4 rings (SSSR count). The molecule has 0 bridgehead atoms. The lowest BCUT2D eigenvalue weighted by atomic mass is 10.2. The van der Waals surface area contributed by atoms with Crippen LogP contribution in [0.1, 0.15) is 12.0 Å². The molecule has 8 heteroatoms. The smallest absolute Gasteiger partial charge is 0.233 e. The highest BCUT2D eigenvalue weighted by Crippen LogP contribution is 2.28. The molecule has 1 saturated heterocycles. The summed E-state index contributed by atoms with van der Waals surface area (Å²) in [7, 11) is -1.33. The van der Waals surface area contributed by atoms with E-state index in [1.54, 1.807) is 11.9 Å². The highest BCUT2D eigenvalue weighted by Gasteiger charge is 2.32. The van der Waals surface area contributed by atoms with Crippen molar-refractivity contribution in [1.82, 2.24) is 14.5 Å². The van der Waals surface area contributed by atoms with Gasteiger partial charge in [-0.3, -0.25) is 9.36 Å². The molecule has 1 atom stereocenters. The quantitative estimate of drug-likeness (QED) is 0.583. The standard InChI is InChI=1S/C21H23N3O3S2/c1-15-7-9-16(10-8-15)24-19-6-4-3-5-18(19)22-21(24)28-13-20(25)23(2)17-11-12-29(26,27)14-17/h3-10,17H,11-14H2,1-2H3/t17-/m1/s1. The molecule has 0 unspecified atom stereocenters. The molecule has 152 valence electrons. The molecule has 1 aliphatic heterocycles. The Morgan fingerprint density at radius 2 is 1.93 bits per heavy atom.